The SMILES string of the molecule is CC(C)[C@@H](CNC(=O)c1cccc(-c2cccc(CN3O[C@@H](CO)C[C@H]3C=O)c2)c1)CN(C)C. The molecule has 2 aromatic rings. The zero-order valence-electron chi connectivity index (χ0n) is 20.6. The molecule has 1 heterocycles. The zero-order valence-corrected chi connectivity index (χ0v) is 20.6. The van der Waals surface area contributed by atoms with Crippen LogP contribution in [0.25, 0.3) is 11.1 Å². The Labute approximate surface area is 202 Å². The molecule has 0 saturated carbocycles. The van der Waals surface area contributed by atoms with E-state index in [9.17, 15) is 14.7 Å². The first-order valence-corrected chi connectivity index (χ1v) is 11.9. The molecule has 0 bridgehead atoms. The standard InChI is InChI=1S/C27H37N3O4/c1-19(2)24(16-29(3)4)14-28-27(33)23-10-6-9-22(12-23)21-8-5-7-20(11-21)15-30-25(17-31)13-26(18-32)34-30/h5-12,17,19,24-26,32H,13-16,18H2,1-4H3,(H,28,33)/t24-,25-,26+/m0/s1. The van der Waals surface area contributed by atoms with E-state index in [1.807, 2.05) is 48.5 Å². The fraction of sp³-hybridized carbons (Fsp3) is 0.481. The minimum Gasteiger partial charge on any atom is -0.394 e. The van der Waals surface area contributed by atoms with E-state index in [0.29, 0.717) is 36.9 Å². The van der Waals surface area contributed by atoms with Gasteiger partial charge in [-0.15, -0.1) is 0 Å². The number of amides is 1. The third-order valence-electron chi connectivity index (χ3n) is 6.31. The summed E-state index contributed by atoms with van der Waals surface area (Å²) in [5.74, 6) is 0.784. The Morgan fingerprint density at radius 2 is 1.91 bits per heavy atom. The van der Waals surface area contributed by atoms with Crippen molar-refractivity contribution >= 4 is 12.2 Å². The number of nitrogens with one attached hydrogen (secondary N) is 1. The van der Waals surface area contributed by atoms with Crippen molar-refractivity contribution in [2.45, 2.75) is 39.0 Å². The molecule has 1 fully saturated rings. The monoisotopic (exact) mass is 467 g/mol. The molecule has 0 aliphatic carbocycles. The van der Waals surface area contributed by atoms with E-state index >= 15 is 0 Å². The average molecular weight is 468 g/mol. The van der Waals surface area contributed by atoms with Crippen molar-refractivity contribution < 1.29 is 19.5 Å². The molecule has 184 valence electrons. The van der Waals surface area contributed by atoms with Crippen LogP contribution in [0.1, 0.15) is 36.2 Å². The number of hydroxylamine groups is 2. The second kappa shape index (κ2) is 12.2. The summed E-state index contributed by atoms with van der Waals surface area (Å²) in [7, 11) is 4.10. The molecule has 0 spiro atoms. The number of benzene rings is 2. The summed E-state index contributed by atoms with van der Waals surface area (Å²) in [6.45, 7) is 6.26. The number of aliphatic hydroxyl groups excluding tert-OH is 1. The zero-order chi connectivity index (χ0) is 24.7. The summed E-state index contributed by atoms with van der Waals surface area (Å²) in [4.78, 5) is 32.1. The molecular weight excluding hydrogens is 430 g/mol. The second-order valence-electron chi connectivity index (χ2n) is 9.68. The Morgan fingerprint density at radius 3 is 2.56 bits per heavy atom. The van der Waals surface area contributed by atoms with Gasteiger partial charge in [0.15, 0.2) is 0 Å². The predicted molar refractivity (Wildman–Crippen MR) is 133 cm³/mol. The maximum absolute atomic E-state index is 12.9. The first-order chi connectivity index (χ1) is 16.3. The molecule has 0 radical (unpaired) electrons. The van der Waals surface area contributed by atoms with Crippen molar-refractivity contribution in [2.24, 2.45) is 11.8 Å². The van der Waals surface area contributed by atoms with Gasteiger partial charge < -0.3 is 20.1 Å². The summed E-state index contributed by atoms with van der Waals surface area (Å²) < 4.78 is 0. The Bertz CT molecular complexity index is 962. The van der Waals surface area contributed by atoms with E-state index in [2.05, 4.69) is 38.2 Å². The van der Waals surface area contributed by atoms with Crippen molar-refractivity contribution in [1.82, 2.24) is 15.3 Å². The highest BCUT2D eigenvalue weighted by atomic mass is 16.7. The van der Waals surface area contributed by atoms with Crippen LogP contribution in [-0.2, 0) is 16.2 Å². The summed E-state index contributed by atoms with van der Waals surface area (Å²) in [5.41, 5.74) is 3.55. The van der Waals surface area contributed by atoms with Gasteiger partial charge in [-0.1, -0.05) is 44.2 Å². The topological polar surface area (TPSA) is 82.1 Å². The largest absolute Gasteiger partial charge is 0.394 e. The summed E-state index contributed by atoms with van der Waals surface area (Å²) in [6.07, 6.45) is 1.01. The van der Waals surface area contributed by atoms with E-state index in [0.717, 1.165) is 29.5 Å². The molecule has 3 rings (SSSR count). The Hall–Kier alpha value is -2.58. The van der Waals surface area contributed by atoms with Crippen molar-refractivity contribution in [1.29, 1.82) is 0 Å². The van der Waals surface area contributed by atoms with Crippen LogP contribution in [0.4, 0.5) is 0 Å². The highest BCUT2D eigenvalue weighted by Gasteiger charge is 2.32. The highest BCUT2D eigenvalue weighted by Crippen LogP contribution is 2.26. The van der Waals surface area contributed by atoms with Crippen LogP contribution in [0.3, 0.4) is 0 Å². The lowest BCUT2D eigenvalue weighted by atomic mass is 9.95. The van der Waals surface area contributed by atoms with Crippen LogP contribution in [0.5, 0.6) is 0 Å². The molecule has 0 aromatic heterocycles. The number of carbonyl (C=O) groups excluding carboxylic acids is 2. The predicted octanol–water partition coefficient (Wildman–Crippen LogP) is 2.98. The normalized spacial score (nSPS) is 19.5. The molecule has 1 aliphatic heterocycles. The van der Waals surface area contributed by atoms with Crippen LogP contribution >= 0.6 is 0 Å². The maximum atomic E-state index is 12.9. The number of hydrogen-bond acceptors (Lipinski definition) is 6. The van der Waals surface area contributed by atoms with Gasteiger partial charge in [-0.2, -0.15) is 5.06 Å². The number of aliphatic hydroxyl groups is 1. The van der Waals surface area contributed by atoms with E-state index < -0.39 is 0 Å². The van der Waals surface area contributed by atoms with E-state index in [4.69, 9.17) is 4.84 Å². The molecule has 0 unspecified atom stereocenters. The van der Waals surface area contributed by atoms with Gasteiger partial charge in [0.2, 0.25) is 0 Å². The fourth-order valence-corrected chi connectivity index (χ4v) is 4.26. The Morgan fingerprint density at radius 1 is 1.21 bits per heavy atom. The lowest BCUT2D eigenvalue weighted by molar-refractivity contribution is -0.176. The fourth-order valence-electron chi connectivity index (χ4n) is 4.26. The van der Waals surface area contributed by atoms with E-state index in [-0.39, 0.29) is 24.7 Å². The smallest absolute Gasteiger partial charge is 0.251 e. The summed E-state index contributed by atoms with van der Waals surface area (Å²) in [6, 6.07) is 15.3. The minimum absolute atomic E-state index is 0.0725. The van der Waals surface area contributed by atoms with Crippen LogP contribution in [0.2, 0.25) is 0 Å². The average Bonchev–Trinajstić information content (AvgIpc) is 3.23. The van der Waals surface area contributed by atoms with Gasteiger partial charge in [-0.25, -0.2) is 0 Å². The van der Waals surface area contributed by atoms with E-state index in [1.165, 1.54) is 0 Å². The molecule has 7 heteroatoms. The number of carbonyl (C=O) groups is 2. The quantitative estimate of drug-likeness (QED) is 0.495. The lowest BCUT2D eigenvalue weighted by Crippen LogP contribution is -2.36. The van der Waals surface area contributed by atoms with Gasteiger partial charge in [0.1, 0.15) is 12.4 Å². The molecule has 7 nitrogen and oxygen atoms in total. The first kappa shape index (κ1) is 26.0. The molecule has 1 aliphatic rings. The van der Waals surface area contributed by atoms with Gasteiger partial charge in [0.05, 0.1) is 12.6 Å². The van der Waals surface area contributed by atoms with Gasteiger partial charge in [0, 0.05) is 31.6 Å². The molecule has 3 atom stereocenters. The third kappa shape index (κ3) is 6.96. The number of aldehydes is 1. The van der Waals surface area contributed by atoms with Crippen LogP contribution < -0.4 is 5.32 Å². The number of hydrogen-bond donors (Lipinski definition) is 2. The molecule has 1 saturated heterocycles. The second-order valence-corrected chi connectivity index (χ2v) is 9.68. The van der Waals surface area contributed by atoms with Crippen molar-refractivity contribution in [2.75, 3.05) is 33.8 Å². The van der Waals surface area contributed by atoms with Gasteiger partial charge >= 0.3 is 0 Å². The van der Waals surface area contributed by atoms with Gasteiger partial charge in [-0.05, 0) is 60.8 Å². The maximum Gasteiger partial charge on any atom is 0.251 e. The third-order valence-corrected chi connectivity index (χ3v) is 6.31. The number of rotatable bonds is 11. The molecule has 1 amide bonds. The van der Waals surface area contributed by atoms with Crippen LogP contribution in [-0.4, -0.2) is 73.2 Å². The van der Waals surface area contributed by atoms with Gasteiger partial charge in [-0.3, -0.25) is 9.63 Å². The lowest BCUT2D eigenvalue weighted by Gasteiger charge is -2.24. The molecular formula is C27H37N3O4. The molecule has 2 aromatic carbocycles. The van der Waals surface area contributed by atoms with Crippen molar-refractivity contribution in [3.05, 3.63) is 59.7 Å². The van der Waals surface area contributed by atoms with Crippen molar-refractivity contribution in [3.63, 3.8) is 0 Å². The van der Waals surface area contributed by atoms with E-state index in [1.54, 1.807) is 5.06 Å². The Kier molecular flexibility index (Phi) is 9.36. The van der Waals surface area contributed by atoms with Gasteiger partial charge in [0.25, 0.3) is 5.91 Å². The first-order valence-electron chi connectivity index (χ1n) is 11.9. The molecule has 2 N–H and O–H groups in total. The summed E-state index contributed by atoms with van der Waals surface area (Å²) >= 11 is 0. The number of nitrogens with zero attached hydrogens (tertiary/aromatic N) is 2. The van der Waals surface area contributed by atoms with Crippen LogP contribution in [0, 0.1) is 11.8 Å². The van der Waals surface area contributed by atoms with Crippen molar-refractivity contribution in [3.8, 4) is 11.1 Å². The Balaban J connectivity index is 1.69. The minimum atomic E-state index is -0.366. The van der Waals surface area contributed by atoms with Crippen LogP contribution in [0.15, 0.2) is 48.5 Å². The summed E-state index contributed by atoms with van der Waals surface area (Å²) in [5, 5.41) is 14.1. The highest BCUT2D eigenvalue weighted by molar-refractivity contribution is 5.95. The molecule has 34 heavy (non-hydrogen) atoms.